The fraction of sp³-hybridized carbons (Fsp3) is 0.500. The molecule has 3 aromatic rings. The first kappa shape index (κ1) is 30.2. The number of aliphatic hydroxyl groups is 1. The number of rotatable bonds is 7. The van der Waals surface area contributed by atoms with Crippen LogP contribution in [-0.4, -0.2) is 74.3 Å². The van der Waals surface area contributed by atoms with Gasteiger partial charge in [0.2, 0.25) is 5.91 Å². The number of anilines is 2. The fourth-order valence-corrected chi connectivity index (χ4v) is 6.24. The van der Waals surface area contributed by atoms with E-state index in [1.54, 1.807) is 6.20 Å². The van der Waals surface area contributed by atoms with E-state index in [1.807, 2.05) is 4.57 Å². The number of hydrogen-bond donors (Lipinski definition) is 2. The average Bonchev–Trinajstić information content (AvgIpc) is 3.68. The highest BCUT2D eigenvalue weighted by Gasteiger charge is 2.35. The van der Waals surface area contributed by atoms with E-state index in [0.717, 1.165) is 61.6 Å². The topological polar surface area (TPSA) is 99.4 Å². The lowest BCUT2D eigenvalue weighted by molar-refractivity contribution is -0.140. The van der Waals surface area contributed by atoms with Crippen molar-refractivity contribution in [3.05, 3.63) is 53.5 Å². The summed E-state index contributed by atoms with van der Waals surface area (Å²) in [5.41, 5.74) is 0.0544. The van der Waals surface area contributed by atoms with Gasteiger partial charge in [0.05, 0.1) is 24.3 Å². The molecule has 0 saturated carbocycles. The molecule has 0 unspecified atom stereocenters. The number of fused-ring (bicyclic) bond motifs is 1. The predicted molar refractivity (Wildman–Crippen MR) is 150 cm³/mol. The minimum Gasteiger partial charge on any atom is -0.395 e. The molecule has 0 radical (unpaired) electrons. The van der Waals surface area contributed by atoms with Gasteiger partial charge in [-0.2, -0.15) is 13.2 Å². The number of piperidine rings is 1. The molecule has 1 amide bonds. The zero-order valence-electron chi connectivity index (χ0n) is 22.8. The second-order valence-electron chi connectivity index (χ2n) is 10.9. The number of benzene rings is 1. The van der Waals surface area contributed by atoms with Crippen LogP contribution in [0.25, 0.3) is 11.3 Å². The number of carbonyl (C=O) groups is 1. The van der Waals surface area contributed by atoms with Gasteiger partial charge in [-0.25, -0.2) is 19.3 Å². The standard InChI is InChI=1S/C28H31F4N7O2.ClH/c29-22-4-3-18(12-21(22)28(30,31)32)23-14-39(11-10-37-7-1-2-19(37)15-40)26(35-23)17-5-8-38(9-6-17)27-20-13-24(41)36-25(20)33-16-34-27;/h3-4,12,14,16-17,19,40H,1-2,5-11,13,15H2,(H,33,34,36,41);1H/t19-;/m1./s1. The fourth-order valence-electron chi connectivity index (χ4n) is 6.24. The number of halogens is 5. The molecule has 2 N–H and O–H groups in total. The molecule has 3 aliphatic heterocycles. The van der Waals surface area contributed by atoms with E-state index in [4.69, 9.17) is 4.98 Å². The zero-order chi connectivity index (χ0) is 28.7. The molecule has 3 aliphatic rings. The summed E-state index contributed by atoms with van der Waals surface area (Å²) < 4.78 is 56.3. The Morgan fingerprint density at radius 1 is 1.07 bits per heavy atom. The Morgan fingerprint density at radius 3 is 2.60 bits per heavy atom. The summed E-state index contributed by atoms with van der Waals surface area (Å²) in [4.78, 5) is 29.7. The maximum absolute atomic E-state index is 14.0. The number of likely N-dealkylation sites (tertiary alicyclic amines) is 1. The number of nitrogens with zero attached hydrogens (tertiary/aromatic N) is 6. The minimum atomic E-state index is -4.81. The number of hydrogen-bond acceptors (Lipinski definition) is 7. The summed E-state index contributed by atoms with van der Waals surface area (Å²) in [5.74, 6) is 0.688. The first-order chi connectivity index (χ1) is 19.7. The number of nitrogens with one attached hydrogen (secondary N) is 1. The molecular weight excluding hydrogens is 578 g/mol. The zero-order valence-corrected chi connectivity index (χ0v) is 23.6. The van der Waals surface area contributed by atoms with Crippen LogP contribution in [0, 0.1) is 5.82 Å². The van der Waals surface area contributed by atoms with Crippen LogP contribution in [0.5, 0.6) is 0 Å². The largest absolute Gasteiger partial charge is 0.419 e. The van der Waals surface area contributed by atoms with Crippen molar-refractivity contribution in [3.8, 4) is 11.3 Å². The molecule has 0 spiro atoms. The Labute approximate surface area is 246 Å². The SMILES string of the molecule is Cl.O=C1Cc2c(ncnc2N2CCC(c3nc(-c4ccc(F)c(C(F)(F)F)c4)cn3CCN3CCC[C@@H]3CO)CC2)N1. The van der Waals surface area contributed by atoms with E-state index in [-0.39, 0.29) is 48.9 Å². The van der Waals surface area contributed by atoms with E-state index in [0.29, 0.717) is 37.7 Å². The van der Waals surface area contributed by atoms with E-state index in [1.165, 1.54) is 12.4 Å². The van der Waals surface area contributed by atoms with Crippen molar-refractivity contribution in [2.75, 3.05) is 43.0 Å². The van der Waals surface area contributed by atoms with Crippen molar-refractivity contribution < 1.29 is 27.5 Å². The van der Waals surface area contributed by atoms with Gasteiger partial charge in [0.1, 0.15) is 29.6 Å². The molecule has 5 heterocycles. The van der Waals surface area contributed by atoms with Crippen LogP contribution < -0.4 is 10.2 Å². The summed E-state index contributed by atoms with van der Waals surface area (Å²) in [6.45, 7) is 3.55. The van der Waals surface area contributed by atoms with Crippen LogP contribution in [0.4, 0.5) is 29.2 Å². The Morgan fingerprint density at radius 2 is 1.86 bits per heavy atom. The smallest absolute Gasteiger partial charge is 0.395 e. The maximum atomic E-state index is 14.0. The third-order valence-corrected chi connectivity index (χ3v) is 8.39. The number of aliphatic hydroxyl groups excluding tert-OH is 1. The highest BCUT2D eigenvalue weighted by atomic mass is 35.5. The number of aromatic nitrogens is 4. The molecule has 2 aromatic heterocycles. The summed E-state index contributed by atoms with van der Waals surface area (Å²) in [5, 5.41) is 12.5. The number of amides is 1. The average molecular weight is 610 g/mol. The van der Waals surface area contributed by atoms with Crippen molar-refractivity contribution in [3.63, 3.8) is 0 Å². The molecule has 1 aromatic carbocycles. The summed E-state index contributed by atoms with van der Waals surface area (Å²) in [6.07, 6.45) is 2.04. The van der Waals surface area contributed by atoms with Crippen molar-refractivity contribution in [2.45, 2.75) is 56.8 Å². The molecule has 42 heavy (non-hydrogen) atoms. The third kappa shape index (κ3) is 5.95. The van der Waals surface area contributed by atoms with Gasteiger partial charge in [-0.3, -0.25) is 9.69 Å². The summed E-state index contributed by atoms with van der Waals surface area (Å²) in [7, 11) is 0. The van der Waals surface area contributed by atoms with E-state index in [9.17, 15) is 27.5 Å². The van der Waals surface area contributed by atoms with E-state index in [2.05, 4.69) is 25.1 Å². The Hall–Kier alpha value is -3.29. The molecule has 0 bridgehead atoms. The third-order valence-electron chi connectivity index (χ3n) is 8.39. The highest BCUT2D eigenvalue weighted by Crippen LogP contribution is 2.37. The summed E-state index contributed by atoms with van der Waals surface area (Å²) >= 11 is 0. The van der Waals surface area contributed by atoms with Crippen LogP contribution in [-0.2, 0) is 23.9 Å². The van der Waals surface area contributed by atoms with Gasteiger partial charge < -0.3 is 19.9 Å². The molecular formula is C28H32ClF4N7O2. The quantitative estimate of drug-likeness (QED) is 0.386. The molecule has 1 atom stereocenters. The lowest BCUT2D eigenvalue weighted by atomic mass is 9.95. The molecule has 2 fully saturated rings. The predicted octanol–water partition coefficient (Wildman–Crippen LogP) is 4.26. The number of imidazole rings is 1. The van der Waals surface area contributed by atoms with Crippen LogP contribution in [0.1, 0.15) is 48.6 Å². The monoisotopic (exact) mass is 609 g/mol. The molecule has 2 saturated heterocycles. The Kier molecular flexibility index (Phi) is 8.72. The summed E-state index contributed by atoms with van der Waals surface area (Å²) in [6, 6.07) is 3.09. The van der Waals surface area contributed by atoms with Gasteiger partial charge in [-0.15, -0.1) is 12.4 Å². The highest BCUT2D eigenvalue weighted by molar-refractivity contribution is 5.99. The first-order valence-corrected chi connectivity index (χ1v) is 13.9. The second-order valence-corrected chi connectivity index (χ2v) is 10.9. The van der Waals surface area contributed by atoms with Crippen molar-refractivity contribution in [1.82, 2.24) is 24.4 Å². The number of carbonyl (C=O) groups excluding carboxylic acids is 1. The van der Waals surface area contributed by atoms with Gasteiger partial charge >= 0.3 is 6.18 Å². The normalized spacial score (nSPS) is 19.6. The molecule has 0 aliphatic carbocycles. The van der Waals surface area contributed by atoms with E-state index >= 15 is 0 Å². The van der Waals surface area contributed by atoms with Crippen molar-refractivity contribution in [2.24, 2.45) is 0 Å². The molecule has 226 valence electrons. The minimum absolute atomic E-state index is 0. The maximum Gasteiger partial charge on any atom is 0.419 e. The van der Waals surface area contributed by atoms with Gasteiger partial charge in [0, 0.05) is 55.5 Å². The number of alkyl halides is 3. The van der Waals surface area contributed by atoms with Gasteiger partial charge in [0.25, 0.3) is 0 Å². The molecule has 6 rings (SSSR count). The van der Waals surface area contributed by atoms with Gasteiger partial charge in [-0.1, -0.05) is 0 Å². The Bertz CT molecular complexity index is 1440. The van der Waals surface area contributed by atoms with Crippen molar-refractivity contribution in [1.29, 1.82) is 0 Å². The second kappa shape index (κ2) is 12.1. The van der Waals surface area contributed by atoms with Crippen LogP contribution in [0.15, 0.2) is 30.7 Å². The van der Waals surface area contributed by atoms with E-state index < -0.39 is 17.6 Å². The molecule has 9 nitrogen and oxygen atoms in total. The lowest BCUT2D eigenvalue weighted by Crippen LogP contribution is -2.36. The Balaban J connectivity index is 0.00000353. The van der Waals surface area contributed by atoms with Gasteiger partial charge in [-0.05, 0) is 50.4 Å². The van der Waals surface area contributed by atoms with Crippen molar-refractivity contribution >= 4 is 29.9 Å². The van der Waals surface area contributed by atoms with Crippen LogP contribution in [0.3, 0.4) is 0 Å². The lowest BCUT2D eigenvalue weighted by Gasteiger charge is -2.33. The van der Waals surface area contributed by atoms with Crippen LogP contribution in [0.2, 0.25) is 0 Å². The van der Waals surface area contributed by atoms with Gasteiger partial charge in [0.15, 0.2) is 0 Å². The van der Waals surface area contributed by atoms with Crippen LogP contribution >= 0.6 is 12.4 Å². The first-order valence-electron chi connectivity index (χ1n) is 13.9. The molecule has 14 heteroatoms.